The van der Waals surface area contributed by atoms with Gasteiger partial charge in [0.15, 0.2) is 11.5 Å². The molecular formula is C24H18BrCl2NO2. The first-order chi connectivity index (χ1) is 14.5. The number of hydrogen-bond donors (Lipinski definition) is 0. The largest absolute Gasteiger partial charge is 0.490 e. The number of benzene rings is 3. The van der Waals surface area contributed by atoms with Crippen LogP contribution in [0, 0.1) is 11.3 Å². The summed E-state index contributed by atoms with van der Waals surface area (Å²) >= 11 is 15.8. The van der Waals surface area contributed by atoms with E-state index in [1.54, 1.807) is 12.1 Å². The van der Waals surface area contributed by atoms with Crippen LogP contribution in [-0.2, 0) is 6.61 Å². The van der Waals surface area contributed by atoms with Gasteiger partial charge in [-0.25, -0.2) is 0 Å². The minimum Gasteiger partial charge on any atom is -0.490 e. The van der Waals surface area contributed by atoms with Crippen molar-refractivity contribution in [1.82, 2.24) is 0 Å². The Morgan fingerprint density at radius 1 is 1.03 bits per heavy atom. The average Bonchev–Trinajstić information content (AvgIpc) is 2.74. The van der Waals surface area contributed by atoms with E-state index in [9.17, 15) is 5.26 Å². The van der Waals surface area contributed by atoms with Gasteiger partial charge in [-0.05, 0) is 48.4 Å². The molecule has 0 unspecified atom stereocenters. The van der Waals surface area contributed by atoms with Crippen LogP contribution in [0.25, 0.3) is 11.6 Å². The summed E-state index contributed by atoms with van der Waals surface area (Å²) in [6.07, 6.45) is 1.82. The molecule has 3 nitrogen and oxygen atoms in total. The molecule has 0 aromatic heterocycles. The fourth-order valence-electron chi connectivity index (χ4n) is 2.79. The molecule has 0 saturated heterocycles. The van der Waals surface area contributed by atoms with E-state index in [0.717, 1.165) is 21.2 Å². The zero-order valence-electron chi connectivity index (χ0n) is 16.2. The molecular weight excluding hydrogens is 485 g/mol. The van der Waals surface area contributed by atoms with E-state index >= 15 is 0 Å². The van der Waals surface area contributed by atoms with E-state index in [1.807, 2.05) is 61.5 Å². The number of nitrogens with zero attached hydrogens (tertiary/aromatic N) is 1. The highest BCUT2D eigenvalue weighted by Crippen LogP contribution is 2.36. The molecule has 0 atom stereocenters. The number of allylic oxidation sites excluding steroid dienone is 1. The maximum Gasteiger partial charge on any atom is 0.162 e. The van der Waals surface area contributed by atoms with Gasteiger partial charge in [-0.2, -0.15) is 5.26 Å². The van der Waals surface area contributed by atoms with Crippen LogP contribution >= 0.6 is 39.1 Å². The molecule has 0 spiro atoms. The van der Waals surface area contributed by atoms with Crippen LogP contribution in [0.3, 0.4) is 0 Å². The van der Waals surface area contributed by atoms with Crippen LogP contribution in [-0.4, -0.2) is 6.61 Å². The summed E-state index contributed by atoms with van der Waals surface area (Å²) in [5.74, 6) is 1.16. The molecule has 6 heteroatoms. The average molecular weight is 503 g/mol. The van der Waals surface area contributed by atoms with Crippen molar-refractivity contribution in [2.24, 2.45) is 0 Å². The van der Waals surface area contributed by atoms with E-state index in [2.05, 4.69) is 22.0 Å². The van der Waals surface area contributed by atoms with Crippen molar-refractivity contribution >= 4 is 50.8 Å². The van der Waals surface area contributed by atoms with E-state index < -0.39 is 0 Å². The fourth-order valence-corrected chi connectivity index (χ4v) is 3.69. The van der Waals surface area contributed by atoms with Crippen LogP contribution in [0.1, 0.15) is 23.6 Å². The van der Waals surface area contributed by atoms with Gasteiger partial charge in [0.25, 0.3) is 0 Å². The SMILES string of the molecule is CCOc1cc(/C=C(\C#N)c2ccccc2)c(Br)cc1OCc1ccc(Cl)cc1Cl. The minimum atomic E-state index is 0.269. The highest BCUT2D eigenvalue weighted by Gasteiger charge is 2.12. The molecule has 0 radical (unpaired) electrons. The molecule has 0 bridgehead atoms. The van der Waals surface area contributed by atoms with E-state index in [1.165, 1.54) is 0 Å². The van der Waals surface area contributed by atoms with Gasteiger partial charge in [-0.3, -0.25) is 0 Å². The van der Waals surface area contributed by atoms with Gasteiger partial charge in [-0.15, -0.1) is 0 Å². The van der Waals surface area contributed by atoms with Gasteiger partial charge in [-0.1, -0.05) is 75.5 Å². The van der Waals surface area contributed by atoms with Gasteiger partial charge in [0, 0.05) is 20.1 Å². The zero-order chi connectivity index (χ0) is 21.5. The van der Waals surface area contributed by atoms with E-state index in [4.69, 9.17) is 32.7 Å². The predicted octanol–water partition coefficient (Wildman–Crippen LogP) is 7.80. The van der Waals surface area contributed by atoms with Gasteiger partial charge in [0.05, 0.1) is 18.2 Å². The lowest BCUT2D eigenvalue weighted by Gasteiger charge is -2.15. The van der Waals surface area contributed by atoms with Crippen LogP contribution in [0.5, 0.6) is 11.5 Å². The second-order valence-electron chi connectivity index (χ2n) is 6.31. The lowest BCUT2D eigenvalue weighted by Crippen LogP contribution is -2.01. The lowest BCUT2D eigenvalue weighted by molar-refractivity contribution is 0.269. The van der Waals surface area contributed by atoms with Crippen molar-refractivity contribution in [3.8, 4) is 17.6 Å². The first kappa shape index (κ1) is 22.2. The quantitative estimate of drug-likeness (QED) is 0.244. The van der Waals surface area contributed by atoms with Crippen molar-refractivity contribution < 1.29 is 9.47 Å². The first-order valence-corrected chi connectivity index (χ1v) is 10.8. The molecule has 0 fully saturated rings. The van der Waals surface area contributed by atoms with Crippen LogP contribution in [0.4, 0.5) is 0 Å². The van der Waals surface area contributed by atoms with E-state index in [0.29, 0.717) is 33.7 Å². The van der Waals surface area contributed by atoms with Crippen molar-refractivity contribution in [2.45, 2.75) is 13.5 Å². The van der Waals surface area contributed by atoms with Crippen molar-refractivity contribution in [2.75, 3.05) is 6.61 Å². The summed E-state index contributed by atoms with van der Waals surface area (Å²) in [6.45, 7) is 2.65. The van der Waals surface area contributed by atoms with Gasteiger partial charge < -0.3 is 9.47 Å². The highest BCUT2D eigenvalue weighted by molar-refractivity contribution is 9.10. The molecule has 3 aromatic rings. The Hall–Kier alpha value is -2.45. The first-order valence-electron chi connectivity index (χ1n) is 9.22. The molecule has 30 heavy (non-hydrogen) atoms. The number of rotatable bonds is 7. The standard InChI is InChI=1S/C24H18BrCl2NO2/c1-2-29-23-11-18(10-19(14-28)16-6-4-3-5-7-16)21(25)13-24(23)30-15-17-8-9-20(26)12-22(17)27/h3-13H,2,15H2,1H3/b19-10+. The maximum atomic E-state index is 9.60. The number of halogens is 3. The monoisotopic (exact) mass is 501 g/mol. The second-order valence-corrected chi connectivity index (χ2v) is 8.01. The Morgan fingerprint density at radius 3 is 2.43 bits per heavy atom. The van der Waals surface area contributed by atoms with Gasteiger partial charge in [0.1, 0.15) is 6.61 Å². The summed E-state index contributed by atoms with van der Waals surface area (Å²) in [4.78, 5) is 0. The summed E-state index contributed by atoms with van der Waals surface area (Å²) in [7, 11) is 0. The minimum absolute atomic E-state index is 0.269. The lowest BCUT2D eigenvalue weighted by atomic mass is 10.0. The van der Waals surface area contributed by atoms with Crippen LogP contribution < -0.4 is 9.47 Å². The molecule has 0 aliphatic carbocycles. The Balaban J connectivity index is 1.92. The molecule has 0 heterocycles. The van der Waals surface area contributed by atoms with Gasteiger partial charge >= 0.3 is 0 Å². The third kappa shape index (κ3) is 5.58. The molecule has 0 amide bonds. The third-order valence-electron chi connectivity index (χ3n) is 4.27. The predicted molar refractivity (Wildman–Crippen MR) is 126 cm³/mol. The summed E-state index contributed by atoms with van der Waals surface area (Å²) in [6, 6.07) is 20.8. The Labute approximate surface area is 194 Å². The molecule has 0 saturated carbocycles. The summed E-state index contributed by atoms with van der Waals surface area (Å²) in [5, 5.41) is 10.7. The zero-order valence-corrected chi connectivity index (χ0v) is 19.3. The topological polar surface area (TPSA) is 42.2 Å². The van der Waals surface area contributed by atoms with Crippen molar-refractivity contribution in [3.63, 3.8) is 0 Å². The number of nitriles is 1. The molecule has 0 N–H and O–H groups in total. The van der Waals surface area contributed by atoms with E-state index in [-0.39, 0.29) is 6.61 Å². The Bertz CT molecular complexity index is 1110. The summed E-state index contributed by atoms with van der Waals surface area (Å²) in [5.41, 5.74) is 3.04. The molecule has 152 valence electrons. The summed E-state index contributed by atoms with van der Waals surface area (Å²) < 4.78 is 12.5. The Kier molecular flexibility index (Phi) is 7.81. The molecule has 0 aliphatic rings. The number of ether oxygens (including phenoxy) is 2. The smallest absolute Gasteiger partial charge is 0.162 e. The normalized spacial score (nSPS) is 11.1. The second kappa shape index (κ2) is 10.5. The van der Waals surface area contributed by atoms with Crippen LogP contribution in [0.2, 0.25) is 10.0 Å². The number of hydrogen-bond acceptors (Lipinski definition) is 3. The molecule has 3 aromatic carbocycles. The fraction of sp³-hybridized carbons (Fsp3) is 0.125. The third-order valence-corrected chi connectivity index (χ3v) is 5.54. The van der Waals surface area contributed by atoms with Crippen molar-refractivity contribution in [3.05, 3.63) is 91.9 Å². The van der Waals surface area contributed by atoms with Crippen LogP contribution in [0.15, 0.2) is 65.1 Å². The molecule has 3 rings (SSSR count). The Morgan fingerprint density at radius 2 is 1.77 bits per heavy atom. The van der Waals surface area contributed by atoms with Gasteiger partial charge in [0.2, 0.25) is 0 Å². The van der Waals surface area contributed by atoms with Crippen molar-refractivity contribution in [1.29, 1.82) is 5.26 Å². The maximum absolute atomic E-state index is 9.60. The highest BCUT2D eigenvalue weighted by atomic mass is 79.9. The molecule has 0 aliphatic heterocycles.